The fraction of sp³-hybridized carbons (Fsp3) is 0.914. The first kappa shape index (κ1) is 68.5. The second-order valence-corrected chi connectivity index (χ2v) is 24.9. The van der Waals surface area contributed by atoms with Gasteiger partial charge in [-0.25, -0.2) is 0 Å². The van der Waals surface area contributed by atoms with Crippen LogP contribution in [0.3, 0.4) is 0 Å². The molecule has 0 fully saturated rings. The van der Waals surface area contributed by atoms with E-state index >= 15 is 0 Å². The van der Waals surface area contributed by atoms with Crippen molar-refractivity contribution in [3.63, 3.8) is 0 Å². The molecule has 4 nitrogen and oxygen atoms in total. The van der Waals surface area contributed by atoms with E-state index in [4.69, 9.17) is 0 Å². The quantitative estimate of drug-likeness (QED) is 0.0570. The lowest BCUT2D eigenvalue weighted by molar-refractivity contribution is -0.124. The molecule has 0 aromatic carbocycles. The van der Waals surface area contributed by atoms with Gasteiger partial charge in [0, 0.05) is 25.5 Å². The summed E-state index contributed by atoms with van der Waals surface area (Å²) in [7, 11) is 0. The van der Waals surface area contributed by atoms with E-state index in [0.717, 1.165) is 13.1 Å². The van der Waals surface area contributed by atoms with Gasteiger partial charge in [-0.1, -0.05) is 362 Å². The minimum Gasteiger partial charge on any atom is -0.314 e. The van der Waals surface area contributed by atoms with Crippen LogP contribution in [0, 0.1) is 11.8 Å². The third-order valence-corrected chi connectivity index (χ3v) is 17.6. The molecule has 2 amide bonds. The van der Waals surface area contributed by atoms with Crippen LogP contribution in [0.4, 0.5) is 0 Å². The fourth-order valence-electron chi connectivity index (χ4n) is 12.5. The summed E-state index contributed by atoms with van der Waals surface area (Å²) >= 11 is 0. The van der Waals surface area contributed by atoms with Gasteiger partial charge in [-0.15, -0.1) is 0 Å². The normalized spacial score (nSPS) is 14.4. The average molecular weight is 1030 g/mol. The highest BCUT2D eigenvalue weighted by molar-refractivity contribution is 6.17. The topological polar surface area (TPSA) is 40.6 Å². The number of nitrogens with zero attached hydrogens (tertiary/aromatic N) is 2. The predicted molar refractivity (Wildman–Crippen MR) is 328 cm³/mol. The zero-order chi connectivity index (χ0) is 53.0. The van der Waals surface area contributed by atoms with Gasteiger partial charge in [-0.05, 0) is 37.5 Å². The first-order chi connectivity index (χ1) is 36.5. The number of unbranched alkanes of at least 4 members (excludes halogenated alkanes) is 48. The van der Waals surface area contributed by atoms with Crippen LogP contribution in [0.2, 0.25) is 0 Å². The molecular formula is C70H132N2O2. The molecule has 0 N–H and O–H groups in total. The van der Waals surface area contributed by atoms with E-state index in [0.29, 0.717) is 23.0 Å². The van der Waals surface area contributed by atoms with Gasteiger partial charge in [0.1, 0.15) is 0 Å². The lowest BCUT2D eigenvalue weighted by atomic mass is 9.93. The minimum absolute atomic E-state index is 0.0842. The van der Waals surface area contributed by atoms with Crippen molar-refractivity contribution in [2.75, 3.05) is 13.1 Å². The summed E-state index contributed by atoms with van der Waals surface area (Å²) in [6, 6.07) is 0. The molecule has 0 saturated heterocycles. The van der Waals surface area contributed by atoms with Crippen LogP contribution in [-0.2, 0) is 9.59 Å². The molecule has 0 spiro atoms. The first-order valence-corrected chi connectivity index (χ1v) is 34.6. The molecule has 2 rings (SSSR count). The summed E-state index contributed by atoms with van der Waals surface area (Å²) in [5.74, 6) is 1.21. The minimum atomic E-state index is 0.0842. The number of carbonyl (C=O) groups is 2. The Morgan fingerprint density at radius 2 is 0.392 bits per heavy atom. The molecule has 2 atom stereocenters. The molecule has 2 heterocycles. The molecular weight excluding hydrogens is 901 g/mol. The van der Waals surface area contributed by atoms with E-state index < -0.39 is 0 Å². The smallest absolute Gasteiger partial charge is 0.260 e. The Balaban J connectivity index is 1.86. The maximum Gasteiger partial charge on any atom is 0.260 e. The molecule has 2 unspecified atom stereocenters. The predicted octanol–water partition coefficient (Wildman–Crippen LogP) is 23.6. The van der Waals surface area contributed by atoms with Gasteiger partial charge >= 0.3 is 0 Å². The van der Waals surface area contributed by atoms with Gasteiger partial charge in [0.05, 0.1) is 11.1 Å². The van der Waals surface area contributed by atoms with Crippen LogP contribution in [0.25, 0.3) is 0 Å². The molecule has 74 heavy (non-hydrogen) atoms. The summed E-state index contributed by atoms with van der Waals surface area (Å²) in [6.07, 6.45) is 80.8. The maximum atomic E-state index is 14.1. The highest BCUT2D eigenvalue weighted by Crippen LogP contribution is 2.34. The monoisotopic (exact) mass is 1030 g/mol. The molecule has 0 bridgehead atoms. The second kappa shape index (κ2) is 52.1. The zero-order valence-corrected chi connectivity index (χ0v) is 51.0. The lowest BCUT2D eigenvalue weighted by Crippen LogP contribution is -2.30. The van der Waals surface area contributed by atoms with Crippen molar-refractivity contribution in [1.29, 1.82) is 0 Å². The Bertz CT molecular complexity index is 1200. The van der Waals surface area contributed by atoms with Crippen molar-refractivity contribution in [2.45, 2.75) is 387 Å². The zero-order valence-electron chi connectivity index (χ0n) is 51.0. The number of fused-ring (bicyclic) bond motifs is 1. The summed E-state index contributed by atoms with van der Waals surface area (Å²) in [4.78, 5) is 32.2. The number of amides is 2. The largest absolute Gasteiger partial charge is 0.314 e. The molecule has 2 aliphatic heterocycles. The van der Waals surface area contributed by atoms with Crippen LogP contribution >= 0.6 is 0 Å². The van der Waals surface area contributed by atoms with Crippen LogP contribution in [-0.4, -0.2) is 34.7 Å². The Hall–Kier alpha value is -1.58. The van der Waals surface area contributed by atoms with Crippen molar-refractivity contribution in [3.05, 3.63) is 23.5 Å². The Morgan fingerprint density at radius 1 is 0.243 bits per heavy atom. The Morgan fingerprint density at radius 3 is 0.554 bits per heavy atom. The van der Waals surface area contributed by atoms with Gasteiger partial charge in [0.25, 0.3) is 11.8 Å². The molecule has 4 heteroatoms. The van der Waals surface area contributed by atoms with Crippen LogP contribution < -0.4 is 0 Å². The van der Waals surface area contributed by atoms with Gasteiger partial charge < -0.3 is 9.80 Å². The third kappa shape index (κ3) is 38.1. The van der Waals surface area contributed by atoms with Crippen LogP contribution in [0.1, 0.15) is 387 Å². The molecule has 0 aromatic rings. The average Bonchev–Trinajstić information content (AvgIpc) is 3.88. The standard InChI is InChI=1S/C70H132N2O2/c1-5-9-13-17-21-25-29-33-35-39-43-47-51-55-59-65(57-53-49-45-41-37-31-27-23-19-15-11-7-3)61-71-63-67-68(69(71)73)64-72(70(67)74)62-66(58-54-50-46-42-38-32-28-24-20-16-12-8-4)60-56-52-48-44-40-36-34-30-26-22-18-14-10-6-2/h63-66H,5-62H2,1-4H3. The lowest BCUT2D eigenvalue weighted by Gasteiger charge is -2.24. The van der Waals surface area contributed by atoms with Crippen LogP contribution in [0.15, 0.2) is 23.5 Å². The summed E-state index contributed by atoms with van der Waals surface area (Å²) in [6.45, 7) is 10.8. The van der Waals surface area contributed by atoms with Gasteiger partial charge in [-0.2, -0.15) is 0 Å². The SMILES string of the molecule is CCCCCCCCCCCCCCCCC(CCCCCCCCCCCCCC)CN1C=C2C(=O)N(CC(CCCCCCCCCCCCCC)CCCCCCCCCCCCCCCC)C=C2C1=O. The highest BCUT2D eigenvalue weighted by atomic mass is 16.2. The van der Waals surface area contributed by atoms with E-state index in [1.54, 1.807) is 0 Å². The molecule has 2 aliphatic rings. The van der Waals surface area contributed by atoms with Gasteiger partial charge in [0.15, 0.2) is 0 Å². The summed E-state index contributed by atoms with van der Waals surface area (Å²) in [5.41, 5.74) is 1.35. The van der Waals surface area contributed by atoms with Gasteiger partial charge in [0.2, 0.25) is 0 Å². The van der Waals surface area contributed by atoms with Crippen molar-refractivity contribution < 1.29 is 9.59 Å². The third-order valence-electron chi connectivity index (χ3n) is 17.6. The van der Waals surface area contributed by atoms with Crippen molar-refractivity contribution >= 4 is 11.8 Å². The second-order valence-electron chi connectivity index (χ2n) is 24.9. The molecule has 0 aromatic heterocycles. The van der Waals surface area contributed by atoms with Crippen molar-refractivity contribution in [2.24, 2.45) is 11.8 Å². The van der Waals surface area contributed by atoms with E-state index in [1.165, 1.54) is 360 Å². The molecule has 0 aliphatic carbocycles. The van der Waals surface area contributed by atoms with Crippen molar-refractivity contribution in [3.8, 4) is 0 Å². The first-order valence-electron chi connectivity index (χ1n) is 34.6. The number of carbonyl (C=O) groups excluding carboxylic acids is 2. The van der Waals surface area contributed by atoms with E-state index in [1.807, 2.05) is 22.2 Å². The molecule has 0 radical (unpaired) electrons. The number of hydrogen-bond acceptors (Lipinski definition) is 2. The Kier molecular flexibility index (Phi) is 48.3. The van der Waals surface area contributed by atoms with Gasteiger partial charge in [-0.3, -0.25) is 9.59 Å². The van der Waals surface area contributed by atoms with Crippen molar-refractivity contribution in [1.82, 2.24) is 9.80 Å². The number of rotatable bonds is 60. The Labute approximate surface area is 464 Å². The highest BCUT2D eigenvalue weighted by Gasteiger charge is 2.40. The number of hydrogen-bond donors (Lipinski definition) is 0. The summed E-state index contributed by atoms with van der Waals surface area (Å²) < 4.78 is 0. The van der Waals surface area contributed by atoms with E-state index in [9.17, 15) is 9.59 Å². The fourth-order valence-corrected chi connectivity index (χ4v) is 12.5. The van der Waals surface area contributed by atoms with E-state index in [-0.39, 0.29) is 11.8 Å². The maximum absolute atomic E-state index is 14.1. The molecule has 0 saturated carbocycles. The van der Waals surface area contributed by atoms with Crippen LogP contribution in [0.5, 0.6) is 0 Å². The summed E-state index contributed by atoms with van der Waals surface area (Å²) in [5, 5.41) is 0. The molecule has 434 valence electrons. The van der Waals surface area contributed by atoms with E-state index in [2.05, 4.69) is 27.7 Å².